The Kier molecular flexibility index (Phi) is 8.56. The summed E-state index contributed by atoms with van der Waals surface area (Å²) >= 11 is 0. The minimum atomic E-state index is -0.352. The number of hydrogen-bond donors (Lipinski definition) is 1. The highest BCUT2D eigenvalue weighted by Crippen LogP contribution is 2.22. The van der Waals surface area contributed by atoms with Gasteiger partial charge in [-0.25, -0.2) is 4.98 Å². The second-order valence-corrected chi connectivity index (χ2v) is 7.92. The first-order chi connectivity index (χ1) is 14.3. The average molecular weight is 418 g/mol. The number of nitrogens with zero attached hydrogens (tertiary/aromatic N) is 2. The Bertz CT molecular complexity index is 824. The van der Waals surface area contributed by atoms with Gasteiger partial charge in [0.2, 0.25) is 5.89 Å². The van der Waals surface area contributed by atoms with Crippen LogP contribution in [0.3, 0.4) is 0 Å². The third-order valence-corrected chi connectivity index (χ3v) is 4.55. The summed E-state index contributed by atoms with van der Waals surface area (Å²) in [5.74, 6) is -0.228. The molecule has 2 amide bonds. The molecule has 0 aliphatic rings. The maximum absolute atomic E-state index is 13.0. The highest BCUT2D eigenvalue weighted by Gasteiger charge is 2.21. The van der Waals surface area contributed by atoms with Crippen molar-refractivity contribution in [2.75, 3.05) is 40.5 Å². The Morgan fingerprint density at radius 2 is 1.77 bits per heavy atom. The van der Waals surface area contributed by atoms with Crippen LogP contribution in [-0.4, -0.2) is 62.2 Å². The molecule has 164 valence electrons. The van der Waals surface area contributed by atoms with E-state index in [1.807, 2.05) is 24.3 Å². The summed E-state index contributed by atoms with van der Waals surface area (Å²) < 4.78 is 15.5. The van der Waals surface area contributed by atoms with Gasteiger partial charge in [-0.3, -0.25) is 9.59 Å². The first kappa shape index (κ1) is 23.6. The molecule has 30 heavy (non-hydrogen) atoms. The van der Waals surface area contributed by atoms with E-state index in [0.717, 1.165) is 5.56 Å². The number of amides is 2. The Labute approximate surface area is 177 Å². The average Bonchev–Trinajstić information content (AvgIpc) is 3.19. The van der Waals surface area contributed by atoms with Crippen LogP contribution in [0.15, 0.2) is 34.9 Å². The van der Waals surface area contributed by atoms with E-state index in [0.29, 0.717) is 31.9 Å². The normalized spacial score (nSPS) is 11.4. The van der Waals surface area contributed by atoms with Crippen molar-refractivity contribution >= 4 is 11.8 Å². The smallest absolute Gasteiger partial charge is 0.273 e. The van der Waals surface area contributed by atoms with Gasteiger partial charge in [-0.1, -0.05) is 32.9 Å². The second kappa shape index (κ2) is 10.9. The third kappa shape index (κ3) is 6.67. The zero-order valence-corrected chi connectivity index (χ0v) is 18.4. The second-order valence-electron chi connectivity index (χ2n) is 7.92. The number of hydrogen-bond acceptors (Lipinski definition) is 6. The minimum Gasteiger partial charge on any atom is -0.446 e. The third-order valence-electron chi connectivity index (χ3n) is 4.55. The van der Waals surface area contributed by atoms with Crippen LogP contribution >= 0.6 is 0 Å². The molecule has 1 aromatic heterocycles. The SMILES string of the molecule is COCCNC(=O)c1coc(CN(CCOC)C(=O)c2ccc(C(C)(C)C)cc2)n1. The summed E-state index contributed by atoms with van der Waals surface area (Å²) in [5, 5.41) is 2.68. The van der Waals surface area contributed by atoms with Crippen LogP contribution in [0, 0.1) is 0 Å². The van der Waals surface area contributed by atoms with Gasteiger partial charge in [0.25, 0.3) is 11.8 Å². The van der Waals surface area contributed by atoms with Gasteiger partial charge in [0.1, 0.15) is 6.26 Å². The van der Waals surface area contributed by atoms with Crippen LogP contribution < -0.4 is 5.32 Å². The molecule has 0 radical (unpaired) electrons. The lowest BCUT2D eigenvalue weighted by Crippen LogP contribution is -2.33. The van der Waals surface area contributed by atoms with Crippen LogP contribution in [0.2, 0.25) is 0 Å². The predicted molar refractivity (Wildman–Crippen MR) is 112 cm³/mol. The number of nitrogens with one attached hydrogen (secondary N) is 1. The monoisotopic (exact) mass is 417 g/mol. The summed E-state index contributed by atoms with van der Waals surface area (Å²) in [7, 11) is 3.14. The molecule has 0 fully saturated rings. The van der Waals surface area contributed by atoms with Crippen molar-refractivity contribution in [3.05, 3.63) is 53.2 Å². The van der Waals surface area contributed by atoms with Gasteiger partial charge in [0.15, 0.2) is 5.69 Å². The minimum absolute atomic E-state index is 0.00956. The van der Waals surface area contributed by atoms with Crippen molar-refractivity contribution in [3.8, 4) is 0 Å². The fraction of sp³-hybridized carbons (Fsp3) is 0.500. The van der Waals surface area contributed by atoms with E-state index in [-0.39, 0.29) is 35.4 Å². The molecule has 2 aromatic rings. The number of rotatable bonds is 10. The van der Waals surface area contributed by atoms with E-state index in [4.69, 9.17) is 13.9 Å². The van der Waals surface area contributed by atoms with Crippen molar-refractivity contribution in [3.63, 3.8) is 0 Å². The molecule has 0 atom stereocenters. The Hall–Kier alpha value is -2.71. The first-order valence-corrected chi connectivity index (χ1v) is 9.86. The number of methoxy groups -OCH3 is 2. The van der Waals surface area contributed by atoms with Gasteiger partial charge in [-0.2, -0.15) is 0 Å². The molecule has 1 heterocycles. The van der Waals surface area contributed by atoms with Crippen molar-refractivity contribution in [1.82, 2.24) is 15.2 Å². The lowest BCUT2D eigenvalue weighted by molar-refractivity contribution is 0.0662. The van der Waals surface area contributed by atoms with E-state index in [1.54, 1.807) is 19.1 Å². The van der Waals surface area contributed by atoms with Gasteiger partial charge in [-0.05, 0) is 23.1 Å². The molecule has 0 unspecified atom stereocenters. The Morgan fingerprint density at radius 3 is 2.37 bits per heavy atom. The van der Waals surface area contributed by atoms with Gasteiger partial charge < -0.3 is 24.1 Å². The number of oxazole rings is 1. The van der Waals surface area contributed by atoms with E-state index in [1.165, 1.54) is 6.26 Å². The molecule has 1 N–H and O–H groups in total. The van der Waals surface area contributed by atoms with Crippen molar-refractivity contribution in [1.29, 1.82) is 0 Å². The highest BCUT2D eigenvalue weighted by molar-refractivity contribution is 5.94. The van der Waals surface area contributed by atoms with Crippen LogP contribution in [0.1, 0.15) is 53.1 Å². The van der Waals surface area contributed by atoms with Crippen molar-refractivity contribution in [2.24, 2.45) is 0 Å². The van der Waals surface area contributed by atoms with Gasteiger partial charge in [-0.15, -0.1) is 0 Å². The zero-order valence-electron chi connectivity index (χ0n) is 18.4. The molecule has 0 bridgehead atoms. The summed E-state index contributed by atoms with van der Waals surface area (Å²) in [6, 6.07) is 7.59. The molecule has 0 spiro atoms. The van der Waals surface area contributed by atoms with Gasteiger partial charge in [0.05, 0.1) is 19.8 Å². The van der Waals surface area contributed by atoms with Crippen LogP contribution in [-0.2, 0) is 21.4 Å². The molecule has 8 heteroatoms. The Balaban J connectivity index is 2.10. The van der Waals surface area contributed by atoms with Crippen LogP contribution in [0.5, 0.6) is 0 Å². The molecule has 8 nitrogen and oxygen atoms in total. The fourth-order valence-electron chi connectivity index (χ4n) is 2.76. The summed E-state index contributed by atoms with van der Waals surface area (Å²) in [6.07, 6.45) is 1.29. The number of aromatic nitrogens is 1. The molecule has 0 aliphatic carbocycles. The standard InChI is InChI=1S/C22H31N3O5/c1-22(2,3)17-8-6-16(7-9-17)21(27)25(11-13-29-5)14-19-24-18(15-30-19)20(26)23-10-12-28-4/h6-9,15H,10-14H2,1-5H3,(H,23,26). The first-order valence-electron chi connectivity index (χ1n) is 9.86. The van der Waals surface area contributed by atoms with E-state index < -0.39 is 0 Å². The van der Waals surface area contributed by atoms with Crippen LogP contribution in [0.25, 0.3) is 0 Å². The summed E-state index contributed by atoms with van der Waals surface area (Å²) in [5.41, 5.74) is 1.90. The van der Waals surface area contributed by atoms with Crippen LogP contribution in [0.4, 0.5) is 0 Å². The molecule has 0 aliphatic heterocycles. The lowest BCUT2D eigenvalue weighted by atomic mass is 9.86. The molecular formula is C22H31N3O5. The lowest BCUT2D eigenvalue weighted by Gasteiger charge is -2.22. The Morgan fingerprint density at radius 1 is 1.10 bits per heavy atom. The zero-order chi connectivity index (χ0) is 22.1. The summed E-state index contributed by atoms with van der Waals surface area (Å²) in [4.78, 5) is 30.9. The van der Waals surface area contributed by atoms with E-state index in [2.05, 4.69) is 31.1 Å². The maximum Gasteiger partial charge on any atom is 0.273 e. The van der Waals surface area contributed by atoms with Crippen molar-refractivity contribution in [2.45, 2.75) is 32.7 Å². The van der Waals surface area contributed by atoms with Crippen molar-refractivity contribution < 1.29 is 23.5 Å². The number of carbonyl (C=O) groups excluding carboxylic acids is 2. The largest absolute Gasteiger partial charge is 0.446 e. The number of ether oxygens (including phenoxy) is 2. The number of benzene rings is 1. The molecular weight excluding hydrogens is 386 g/mol. The highest BCUT2D eigenvalue weighted by atomic mass is 16.5. The summed E-state index contributed by atoms with van der Waals surface area (Å²) in [6.45, 7) is 8.03. The molecule has 0 saturated carbocycles. The molecule has 0 saturated heterocycles. The number of carbonyl (C=O) groups is 2. The maximum atomic E-state index is 13.0. The van der Waals surface area contributed by atoms with Gasteiger partial charge in [0, 0.05) is 32.9 Å². The topological polar surface area (TPSA) is 93.9 Å². The molecule has 1 aromatic carbocycles. The van der Waals surface area contributed by atoms with E-state index >= 15 is 0 Å². The fourth-order valence-corrected chi connectivity index (χ4v) is 2.76. The quantitative estimate of drug-likeness (QED) is 0.598. The predicted octanol–water partition coefficient (Wildman–Crippen LogP) is 2.64. The molecule has 2 rings (SSSR count). The van der Waals surface area contributed by atoms with Gasteiger partial charge >= 0.3 is 0 Å². The van der Waals surface area contributed by atoms with E-state index in [9.17, 15) is 9.59 Å².